The fourth-order valence-corrected chi connectivity index (χ4v) is 3.14. The van der Waals surface area contributed by atoms with E-state index in [0.29, 0.717) is 22.2 Å². The standard InChI is InChI=1S/C21H18N2O9/c24-18(25)8-23(9-19(26)27)16-4-3-12(7-17(16)32-10-20(28)29)14-5-11-1-2-13(21(30)31)6-15(11)22-14/h1-7,22H,8-10H2,(H,24,25)(H,26,27)(H,28,29)(H,30,31)/p-4. The summed E-state index contributed by atoms with van der Waals surface area (Å²) >= 11 is 0. The van der Waals surface area contributed by atoms with Crippen molar-refractivity contribution in [3.05, 3.63) is 48.0 Å². The van der Waals surface area contributed by atoms with Crippen LogP contribution in [0.25, 0.3) is 22.2 Å². The van der Waals surface area contributed by atoms with E-state index in [9.17, 15) is 39.6 Å². The molecule has 2 aromatic carbocycles. The third kappa shape index (κ3) is 5.14. The molecule has 0 aliphatic heterocycles. The van der Waals surface area contributed by atoms with Crippen molar-refractivity contribution in [1.82, 2.24) is 4.98 Å². The summed E-state index contributed by atoms with van der Waals surface area (Å²) in [7, 11) is 0. The molecular formula is C21H14N2O9-4. The fourth-order valence-electron chi connectivity index (χ4n) is 3.14. The van der Waals surface area contributed by atoms with Gasteiger partial charge in [-0.1, -0.05) is 18.2 Å². The molecule has 166 valence electrons. The molecule has 0 radical (unpaired) electrons. The normalized spacial score (nSPS) is 10.6. The van der Waals surface area contributed by atoms with Gasteiger partial charge in [-0.3, -0.25) is 0 Å². The van der Waals surface area contributed by atoms with Gasteiger partial charge in [-0.2, -0.15) is 0 Å². The predicted octanol–water partition coefficient (Wildman–Crippen LogP) is -3.37. The van der Waals surface area contributed by atoms with E-state index >= 15 is 0 Å². The highest BCUT2D eigenvalue weighted by Gasteiger charge is 2.16. The summed E-state index contributed by atoms with van der Waals surface area (Å²) in [5.41, 5.74) is 1.43. The van der Waals surface area contributed by atoms with Crippen molar-refractivity contribution in [2.24, 2.45) is 0 Å². The average Bonchev–Trinajstić information content (AvgIpc) is 3.14. The van der Waals surface area contributed by atoms with E-state index in [0.717, 1.165) is 4.90 Å². The minimum atomic E-state index is -1.57. The number of rotatable bonds is 10. The van der Waals surface area contributed by atoms with Gasteiger partial charge in [-0.25, -0.2) is 0 Å². The second-order valence-electron chi connectivity index (χ2n) is 6.72. The number of nitrogens with one attached hydrogen (secondary N) is 1. The van der Waals surface area contributed by atoms with Gasteiger partial charge in [0.1, 0.15) is 12.4 Å². The Morgan fingerprint density at radius 1 is 0.844 bits per heavy atom. The van der Waals surface area contributed by atoms with E-state index in [1.165, 1.54) is 30.3 Å². The summed E-state index contributed by atoms with van der Waals surface area (Å²) in [6.07, 6.45) is 0. The zero-order chi connectivity index (χ0) is 23.4. The SMILES string of the molecule is O=C([O-])COc1cc(-c2cc3ccc(C(=O)[O-])cc3[nH]2)ccc1N(CC(=O)[O-])CC(=O)[O-]. The Hall–Kier alpha value is -4.54. The number of aromatic carboxylic acids is 1. The number of carbonyl (C=O) groups is 4. The van der Waals surface area contributed by atoms with Crippen LogP contribution in [0.3, 0.4) is 0 Å². The fraction of sp³-hybridized carbons (Fsp3) is 0.143. The van der Waals surface area contributed by atoms with Crippen molar-refractivity contribution in [2.75, 3.05) is 24.6 Å². The van der Waals surface area contributed by atoms with Crippen LogP contribution in [0.15, 0.2) is 42.5 Å². The monoisotopic (exact) mass is 438 g/mol. The number of carbonyl (C=O) groups excluding carboxylic acids is 4. The van der Waals surface area contributed by atoms with Crippen LogP contribution in [0.5, 0.6) is 5.75 Å². The van der Waals surface area contributed by atoms with E-state index in [-0.39, 0.29) is 17.0 Å². The molecule has 0 saturated heterocycles. The molecule has 11 heteroatoms. The summed E-state index contributed by atoms with van der Waals surface area (Å²) in [6.45, 7) is -2.50. The number of aromatic amines is 1. The molecule has 1 aromatic heterocycles. The topological polar surface area (TPSA) is 189 Å². The number of carboxylic acids is 4. The lowest BCUT2D eigenvalue weighted by Crippen LogP contribution is -2.44. The maximum absolute atomic E-state index is 11.1. The Labute approximate surface area is 180 Å². The van der Waals surface area contributed by atoms with Gasteiger partial charge >= 0.3 is 0 Å². The molecule has 0 amide bonds. The Morgan fingerprint density at radius 3 is 2.12 bits per heavy atom. The molecule has 0 bridgehead atoms. The number of ether oxygens (including phenoxy) is 1. The number of aromatic nitrogens is 1. The molecule has 0 aliphatic rings. The molecule has 3 rings (SSSR count). The largest absolute Gasteiger partial charge is 0.548 e. The first-order valence-electron chi connectivity index (χ1n) is 9.10. The van der Waals surface area contributed by atoms with Crippen molar-refractivity contribution in [1.29, 1.82) is 0 Å². The van der Waals surface area contributed by atoms with Gasteiger partial charge in [0.15, 0.2) is 0 Å². The van der Waals surface area contributed by atoms with Gasteiger partial charge in [0, 0.05) is 22.2 Å². The molecular weight excluding hydrogens is 424 g/mol. The minimum Gasteiger partial charge on any atom is -0.548 e. The second kappa shape index (κ2) is 9.08. The molecule has 0 fully saturated rings. The maximum Gasteiger partial charge on any atom is 0.143 e. The lowest BCUT2D eigenvalue weighted by molar-refractivity contribution is -0.308. The van der Waals surface area contributed by atoms with Crippen LogP contribution in [0.2, 0.25) is 0 Å². The average molecular weight is 438 g/mol. The molecule has 0 unspecified atom stereocenters. The molecule has 0 aliphatic carbocycles. The van der Waals surface area contributed by atoms with Crippen LogP contribution in [0, 0.1) is 0 Å². The molecule has 32 heavy (non-hydrogen) atoms. The third-order valence-corrected chi connectivity index (χ3v) is 4.46. The summed E-state index contributed by atoms with van der Waals surface area (Å²) in [4.78, 5) is 47.9. The molecule has 11 nitrogen and oxygen atoms in total. The summed E-state index contributed by atoms with van der Waals surface area (Å²) < 4.78 is 5.20. The first-order chi connectivity index (χ1) is 15.1. The van der Waals surface area contributed by atoms with Gasteiger partial charge in [-0.05, 0) is 29.8 Å². The molecule has 0 saturated carbocycles. The van der Waals surface area contributed by atoms with Crippen molar-refractivity contribution >= 4 is 40.5 Å². The summed E-state index contributed by atoms with van der Waals surface area (Å²) in [5.74, 6) is -6.15. The number of benzene rings is 2. The molecule has 1 N–H and O–H groups in total. The van der Waals surface area contributed by atoms with E-state index in [1.807, 2.05) is 0 Å². The number of hydrogen-bond donors (Lipinski definition) is 1. The third-order valence-electron chi connectivity index (χ3n) is 4.46. The van der Waals surface area contributed by atoms with Crippen molar-refractivity contribution in [2.45, 2.75) is 0 Å². The molecule has 1 heterocycles. The Balaban J connectivity index is 2.05. The van der Waals surface area contributed by atoms with Gasteiger partial charge < -0.3 is 54.2 Å². The van der Waals surface area contributed by atoms with E-state index in [4.69, 9.17) is 4.74 Å². The van der Waals surface area contributed by atoms with Crippen LogP contribution >= 0.6 is 0 Å². The van der Waals surface area contributed by atoms with E-state index < -0.39 is 43.6 Å². The number of H-pyrrole nitrogens is 1. The Morgan fingerprint density at radius 2 is 1.53 bits per heavy atom. The lowest BCUT2D eigenvalue weighted by atomic mass is 10.1. The second-order valence-corrected chi connectivity index (χ2v) is 6.72. The molecule has 0 atom stereocenters. The van der Waals surface area contributed by atoms with Crippen LogP contribution in [0.4, 0.5) is 5.69 Å². The first kappa shape index (κ1) is 22.2. The lowest BCUT2D eigenvalue weighted by Gasteiger charge is -2.28. The van der Waals surface area contributed by atoms with Gasteiger partial charge in [0.2, 0.25) is 0 Å². The summed E-state index contributed by atoms with van der Waals surface area (Å²) in [5, 5.41) is 44.7. The van der Waals surface area contributed by atoms with E-state index in [1.54, 1.807) is 12.1 Å². The highest BCUT2D eigenvalue weighted by molar-refractivity contribution is 5.94. The molecule has 0 spiro atoms. The van der Waals surface area contributed by atoms with Gasteiger partial charge in [0.05, 0.1) is 42.7 Å². The minimum absolute atomic E-state index is 0.0150. The van der Waals surface area contributed by atoms with Crippen LogP contribution in [-0.2, 0) is 14.4 Å². The van der Waals surface area contributed by atoms with Gasteiger partial charge in [-0.15, -0.1) is 0 Å². The number of aliphatic carboxylic acids is 3. The quantitative estimate of drug-likeness (QED) is 0.334. The zero-order valence-corrected chi connectivity index (χ0v) is 16.3. The first-order valence-corrected chi connectivity index (χ1v) is 9.10. The van der Waals surface area contributed by atoms with Crippen LogP contribution < -0.4 is 30.1 Å². The van der Waals surface area contributed by atoms with Gasteiger partial charge in [0.25, 0.3) is 0 Å². The Kier molecular flexibility index (Phi) is 6.29. The van der Waals surface area contributed by atoms with Crippen LogP contribution in [0.1, 0.15) is 10.4 Å². The smallest absolute Gasteiger partial charge is 0.143 e. The predicted molar refractivity (Wildman–Crippen MR) is 101 cm³/mol. The van der Waals surface area contributed by atoms with Crippen molar-refractivity contribution in [3.8, 4) is 17.0 Å². The summed E-state index contributed by atoms with van der Waals surface area (Å²) in [6, 6.07) is 10.3. The number of fused-ring (bicyclic) bond motifs is 1. The highest BCUT2D eigenvalue weighted by atomic mass is 16.5. The number of carboxylic acid groups (broad SMARTS) is 4. The van der Waals surface area contributed by atoms with Crippen molar-refractivity contribution < 1.29 is 44.3 Å². The zero-order valence-electron chi connectivity index (χ0n) is 16.3. The Bertz CT molecular complexity index is 1200. The number of anilines is 1. The highest BCUT2D eigenvalue weighted by Crippen LogP contribution is 2.34. The van der Waals surface area contributed by atoms with E-state index in [2.05, 4.69) is 4.98 Å². The number of nitrogens with zero attached hydrogens (tertiary/aromatic N) is 1. The molecule has 3 aromatic rings. The number of hydrogen-bond acceptors (Lipinski definition) is 10. The maximum atomic E-state index is 11.1. The van der Waals surface area contributed by atoms with Crippen molar-refractivity contribution in [3.63, 3.8) is 0 Å². The van der Waals surface area contributed by atoms with Crippen LogP contribution in [-0.4, -0.2) is 48.6 Å².